The molecule has 1 aromatic rings. The number of rotatable bonds is 4. The van der Waals surface area contributed by atoms with Gasteiger partial charge in [0.1, 0.15) is 0 Å². The summed E-state index contributed by atoms with van der Waals surface area (Å²) in [5.41, 5.74) is 1.07. The van der Waals surface area contributed by atoms with Crippen LogP contribution in [0.4, 0.5) is 13.2 Å². The van der Waals surface area contributed by atoms with Crippen molar-refractivity contribution in [3.05, 3.63) is 53.6 Å². The van der Waals surface area contributed by atoms with E-state index >= 15 is 0 Å². The lowest BCUT2D eigenvalue weighted by molar-refractivity contribution is -0.0939. The van der Waals surface area contributed by atoms with Crippen LogP contribution >= 0.6 is 0 Å². The average molecular weight is 393 g/mol. The molecule has 2 nitrogen and oxygen atoms in total. The van der Waals surface area contributed by atoms with Crippen LogP contribution in [0.1, 0.15) is 44.6 Å². The Kier molecular flexibility index (Phi) is 7.36. The standard InChI is InChI=1S/C13H11F3.C10H20N2/c14-13(15,16)12-8-4-7-11(9-12)10-5-2-1-3-6-10;1-8-6-10(8)12-7-9-2-4-11-5-3-9/h1-3,5-7,9H,4,8H2;8-12H,2-7H2,1H3/t;8?,10-/m.0/s1. The molecule has 2 N–H and O–H groups in total. The van der Waals surface area contributed by atoms with Crippen LogP contribution in [-0.2, 0) is 0 Å². The van der Waals surface area contributed by atoms with Gasteiger partial charge in [0.25, 0.3) is 0 Å². The second kappa shape index (κ2) is 9.75. The monoisotopic (exact) mass is 392 g/mol. The molecule has 1 aliphatic heterocycles. The minimum absolute atomic E-state index is 0.0832. The number of hydrogen-bond donors (Lipinski definition) is 2. The molecule has 1 unspecified atom stereocenters. The summed E-state index contributed by atoms with van der Waals surface area (Å²) in [6, 6.07) is 10.0. The second-order valence-electron chi connectivity index (χ2n) is 8.15. The molecule has 28 heavy (non-hydrogen) atoms. The molecule has 4 rings (SSSR count). The molecular weight excluding hydrogens is 361 g/mol. The third-order valence-corrected chi connectivity index (χ3v) is 5.82. The fourth-order valence-electron chi connectivity index (χ4n) is 3.77. The van der Waals surface area contributed by atoms with Crippen LogP contribution in [0.2, 0.25) is 0 Å². The minimum Gasteiger partial charge on any atom is -0.317 e. The van der Waals surface area contributed by atoms with Crippen LogP contribution in [0.5, 0.6) is 0 Å². The van der Waals surface area contributed by atoms with Gasteiger partial charge < -0.3 is 10.6 Å². The molecule has 0 radical (unpaired) electrons. The van der Waals surface area contributed by atoms with Crippen LogP contribution in [0.25, 0.3) is 5.57 Å². The minimum atomic E-state index is -4.20. The highest BCUT2D eigenvalue weighted by Crippen LogP contribution is 2.35. The van der Waals surface area contributed by atoms with E-state index in [4.69, 9.17) is 0 Å². The quantitative estimate of drug-likeness (QED) is 0.723. The Labute approximate surface area is 166 Å². The summed E-state index contributed by atoms with van der Waals surface area (Å²) in [6.07, 6.45) is 3.58. The van der Waals surface area contributed by atoms with Gasteiger partial charge in [-0.2, -0.15) is 13.2 Å². The molecule has 0 aromatic heterocycles. The van der Waals surface area contributed by atoms with E-state index in [0.717, 1.165) is 23.4 Å². The lowest BCUT2D eigenvalue weighted by atomic mass is 9.94. The third-order valence-electron chi connectivity index (χ3n) is 5.82. The number of alkyl halides is 3. The second-order valence-corrected chi connectivity index (χ2v) is 8.15. The molecule has 1 saturated carbocycles. The van der Waals surface area contributed by atoms with Crippen LogP contribution in [0.3, 0.4) is 0 Å². The van der Waals surface area contributed by atoms with Crippen molar-refractivity contribution in [2.24, 2.45) is 11.8 Å². The Hall–Kier alpha value is -1.59. The predicted octanol–water partition coefficient (Wildman–Crippen LogP) is 5.34. The summed E-state index contributed by atoms with van der Waals surface area (Å²) < 4.78 is 37.6. The largest absolute Gasteiger partial charge is 0.412 e. The van der Waals surface area contributed by atoms with E-state index in [1.807, 2.05) is 36.4 Å². The predicted molar refractivity (Wildman–Crippen MR) is 109 cm³/mol. The molecule has 1 heterocycles. The van der Waals surface area contributed by atoms with Crippen molar-refractivity contribution in [1.29, 1.82) is 0 Å². The summed E-state index contributed by atoms with van der Waals surface area (Å²) in [6.45, 7) is 6.05. The Morgan fingerprint density at radius 3 is 2.39 bits per heavy atom. The van der Waals surface area contributed by atoms with E-state index in [1.54, 1.807) is 0 Å². The third kappa shape index (κ3) is 6.49. The highest BCUT2D eigenvalue weighted by Gasteiger charge is 2.34. The van der Waals surface area contributed by atoms with E-state index in [9.17, 15) is 13.2 Å². The fraction of sp³-hybridized carbons (Fsp3) is 0.565. The van der Waals surface area contributed by atoms with Gasteiger partial charge in [-0.1, -0.05) is 43.3 Å². The lowest BCUT2D eigenvalue weighted by Gasteiger charge is -2.22. The Bertz CT molecular complexity index is 673. The van der Waals surface area contributed by atoms with Crippen LogP contribution < -0.4 is 10.6 Å². The molecule has 154 valence electrons. The maximum absolute atomic E-state index is 12.5. The molecular formula is C23H31F3N2. The summed E-state index contributed by atoms with van der Waals surface area (Å²) in [4.78, 5) is 0. The van der Waals surface area contributed by atoms with Gasteiger partial charge >= 0.3 is 6.18 Å². The molecule has 2 aliphatic carbocycles. The van der Waals surface area contributed by atoms with E-state index < -0.39 is 11.7 Å². The summed E-state index contributed by atoms with van der Waals surface area (Å²) in [5, 5.41) is 7.05. The van der Waals surface area contributed by atoms with Gasteiger partial charge in [0.05, 0.1) is 0 Å². The van der Waals surface area contributed by atoms with Crippen molar-refractivity contribution in [3.63, 3.8) is 0 Å². The summed E-state index contributed by atoms with van der Waals surface area (Å²) in [5.74, 6) is 1.89. The molecule has 3 aliphatic rings. The number of piperidine rings is 1. The van der Waals surface area contributed by atoms with Gasteiger partial charge in [0, 0.05) is 11.6 Å². The van der Waals surface area contributed by atoms with E-state index in [-0.39, 0.29) is 6.42 Å². The highest BCUT2D eigenvalue weighted by molar-refractivity contribution is 5.75. The Morgan fingerprint density at radius 2 is 1.79 bits per heavy atom. The van der Waals surface area contributed by atoms with E-state index in [1.165, 1.54) is 45.0 Å². The first-order chi connectivity index (χ1) is 13.4. The number of nitrogens with one attached hydrogen (secondary N) is 2. The molecule has 2 atom stereocenters. The molecule has 5 heteroatoms. The van der Waals surface area contributed by atoms with E-state index in [2.05, 4.69) is 17.6 Å². The Morgan fingerprint density at radius 1 is 1.11 bits per heavy atom. The number of halogens is 3. The Balaban J connectivity index is 0.000000167. The van der Waals surface area contributed by atoms with Gasteiger partial charge in [-0.3, -0.25) is 0 Å². The van der Waals surface area contributed by atoms with Gasteiger partial charge in [0.2, 0.25) is 0 Å². The first-order valence-electron chi connectivity index (χ1n) is 10.4. The fourth-order valence-corrected chi connectivity index (χ4v) is 3.77. The van der Waals surface area contributed by atoms with Crippen molar-refractivity contribution in [1.82, 2.24) is 10.6 Å². The SMILES string of the molecule is CC1C[C@@H]1NCC1CCNCC1.FC(F)(F)C1=CC(c2ccccc2)=CCC1. The average Bonchev–Trinajstić information content (AvgIpc) is 3.43. The van der Waals surface area contributed by atoms with Gasteiger partial charge in [-0.25, -0.2) is 0 Å². The zero-order valence-corrected chi connectivity index (χ0v) is 16.6. The highest BCUT2D eigenvalue weighted by atomic mass is 19.4. The smallest absolute Gasteiger partial charge is 0.317 e. The number of hydrogen-bond acceptors (Lipinski definition) is 2. The van der Waals surface area contributed by atoms with Crippen molar-refractivity contribution in [2.75, 3.05) is 19.6 Å². The molecule has 2 fully saturated rings. The first kappa shape index (κ1) is 21.1. The van der Waals surface area contributed by atoms with Crippen molar-refractivity contribution in [3.8, 4) is 0 Å². The van der Waals surface area contributed by atoms with Gasteiger partial charge in [0.15, 0.2) is 0 Å². The van der Waals surface area contributed by atoms with Crippen molar-refractivity contribution >= 4 is 5.57 Å². The van der Waals surface area contributed by atoms with Crippen LogP contribution in [0, 0.1) is 11.8 Å². The number of allylic oxidation sites excluding steroid dienone is 4. The van der Waals surface area contributed by atoms with Gasteiger partial charge in [-0.15, -0.1) is 0 Å². The van der Waals surface area contributed by atoms with Crippen molar-refractivity contribution < 1.29 is 13.2 Å². The number of benzene rings is 1. The van der Waals surface area contributed by atoms with Crippen molar-refractivity contribution in [2.45, 2.75) is 51.2 Å². The maximum atomic E-state index is 12.5. The summed E-state index contributed by atoms with van der Waals surface area (Å²) in [7, 11) is 0. The van der Waals surface area contributed by atoms with Crippen LogP contribution in [0.15, 0.2) is 48.1 Å². The molecule has 0 spiro atoms. The molecule has 0 bridgehead atoms. The van der Waals surface area contributed by atoms with E-state index in [0.29, 0.717) is 12.0 Å². The first-order valence-corrected chi connectivity index (χ1v) is 10.4. The zero-order valence-electron chi connectivity index (χ0n) is 16.6. The molecule has 0 amide bonds. The lowest BCUT2D eigenvalue weighted by Crippen LogP contribution is -2.34. The molecule has 1 saturated heterocycles. The normalized spacial score (nSPS) is 25.3. The maximum Gasteiger partial charge on any atom is 0.412 e. The van der Waals surface area contributed by atoms with Gasteiger partial charge in [-0.05, 0) is 80.8 Å². The topological polar surface area (TPSA) is 24.1 Å². The van der Waals surface area contributed by atoms with Crippen LogP contribution in [-0.4, -0.2) is 31.9 Å². The molecule has 1 aromatic carbocycles. The summed E-state index contributed by atoms with van der Waals surface area (Å²) >= 11 is 0. The zero-order chi connectivity index (χ0) is 20.0.